The summed E-state index contributed by atoms with van der Waals surface area (Å²) >= 11 is 1.79. The first kappa shape index (κ1) is 27.2. The molecule has 0 radical (unpaired) electrons. The van der Waals surface area contributed by atoms with E-state index in [2.05, 4.69) is 33.5 Å². The first-order valence-corrected chi connectivity index (χ1v) is 16.6. The Bertz CT molecular complexity index is 1570. The molecule has 40 heavy (non-hydrogen) atoms. The fourth-order valence-electron chi connectivity index (χ4n) is 6.50. The van der Waals surface area contributed by atoms with Gasteiger partial charge in [-0.05, 0) is 91.4 Å². The second kappa shape index (κ2) is 11.5. The Morgan fingerprint density at radius 1 is 1.00 bits per heavy atom. The number of thiophene rings is 1. The van der Waals surface area contributed by atoms with E-state index in [0.717, 1.165) is 59.9 Å². The van der Waals surface area contributed by atoms with E-state index < -0.39 is 15.9 Å². The van der Waals surface area contributed by atoms with Gasteiger partial charge in [0.25, 0.3) is 5.91 Å². The van der Waals surface area contributed by atoms with Gasteiger partial charge in [-0.15, -0.1) is 11.3 Å². The fourth-order valence-corrected chi connectivity index (χ4v) is 8.92. The number of fused-ring (bicyclic) bond motifs is 1. The minimum absolute atomic E-state index is 0.195. The van der Waals surface area contributed by atoms with Crippen LogP contribution in [0.2, 0.25) is 0 Å². The second-order valence-electron chi connectivity index (χ2n) is 11.0. The summed E-state index contributed by atoms with van der Waals surface area (Å²) in [5.41, 5.74) is 10.1. The Kier molecular flexibility index (Phi) is 7.81. The molecule has 9 heteroatoms. The number of benzene rings is 2. The summed E-state index contributed by atoms with van der Waals surface area (Å²) in [5, 5.41) is 3.11. The average molecular weight is 577 g/mol. The van der Waals surface area contributed by atoms with Crippen LogP contribution in [0.4, 0.5) is 0 Å². The van der Waals surface area contributed by atoms with Gasteiger partial charge in [-0.2, -0.15) is 0 Å². The Morgan fingerprint density at radius 3 is 2.52 bits per heavy atom. The van der Waals surface area contributed by atoms with Gasteiger partial charge in [0.2, 0.25) is 10.0 Å². The summed E-state index contributed by atoms with van der Waals surface area (Å²) < 4.78 is 28.2. The maximum absolute atomic E-state index is 13.2. The monoisotopic (exact) mass is 576 g/mol. The van der Waals surface area contributed by atoms with Crippen LogP contribution >= 0.6 is 11.3 Å². The van der Waals surface area contributed by atoms with Crippen molar-refractivity contribution in [3.63, 3.8) is 0 Å². The van der Waals surface area contributed by atoms with Crippen LogP contribution in [0.1, 0.15) is 64.9 Å². The summed E-state index contributed by atoms with van der Waals surface area (Å²) in [5.74, 6) is -0.0586. The van der Waals surface area contributed by atoms with E-state index in [1.54, 1.807) is 15.6 Å². The summed E-state index contributed by atoms with van der Waals surface area (Å²) in [6.45, 7) is 2.89. The van der Waals surface area contributed by atoms with Crippen molar-refractivity contribution in [3.8, 4) is 11.1 Å². The van der Waals surface area contributed by atoms with Crippen molar-refractivity contribution in [2.24, 2.45) is 5.73 Å². The molecule has 0 saturated carbocycles. The zero-order valence-electron chi connectivity index (χ0n) is 22.6. The van der Waals surface area contributed by atoms with Crippen LogP contribution in [0, 0.1) is 0 Å². The Morgan fingerprint density at radius 2 is 1.80 bits per heavy atom. The van der Waals surface area contributed by atoms with Gasteiger partial charge in [0.05, 0.1) is 16.8 Å². The number of hydrogen-bond acceptors (Lipinski definition) is 5. The highest BCUT2D eigenvalue weighted by Crippen LogP contribution is 2.38. The summed E-state index contributed by atoms with van der Waals surface area (Å²) in [4.78, 5) is 19.4. The Labute approximate surface area is 240 Å². The number of sulfonamides is 1. The molecule has 0 spiro atoms. The molecule has 2 saturated heterocycles. The smallest absolute Gasteiger partial charge is 0.250 e. The highest BCUT2D eigenvalue weighted by atomic mass is 32.2. The van der Waals surface area contributed by atoms with E-state index in [4.69, 9.17) is 5.73 Å². The van der Waals surface area contributed by atoms with Gasteiger partial charge in [-0.1, -0.05) is 36.4 Å². The third kappa shape index (κ3) is 5.48. The normalized spacial score (nSPS) is 19.4. The number of aromatic nitrogens is 1. The zero-order chi connectivity index (χ0) is 27.7. The van der Waals surface area contributed by atoms with Gasteiger partial charge in [0, 0.05) is 35.6 Å². The lowest BCUT2D eigenvalue weighted by Crippen LogP contribution is -2.39. The van der Waals surface area contributed by atoms with Crippen LogP contribution in [-0.2, 0) is 10.0 Å². The molecule has 7 nitrogen and oxygen atoms in total. The summed E-state index contributed by atoms with van der Waals surface area (Å²) in [6, 6.07) is 18.7. The third-order valence-corrected chi connectivity index (χ3v) is 11.5. The maximum atomic E-state index is 13.2. The molecule has 1 unspecified atom stereocenters. The molecular weight excluding hydrogens is 541 g/mol. The molecule has 2 fully saturated rings. The molecule has 1 amide bonds. The number of H-pyrrole nitrogens is 1. The van der Waals surface area contributed by atoms with Crippen LogP contribution in [0.5, 0.6) is 0 Å². The minimum atomic E-state index is -3.30. The minimum Gasteiger partial charge on any atom is -0.366 e. The number of aromatic amines is 1. The lowest BCUT2D eigenvalue weighted by atomic mass is 9.88. The summed E-state index contributed by atoms with van der Waals surface area (Å²) in [6.07, 6.45) is 6.46. The number of nitrogens with two attached hydrogens (primary N) is 1. The van der Waals surface area contributed by atoms with Gasteiger partial charge in [-0.25, -0.2) is 12.7 Å². The first-order valence-electron chi connectivity index (χ1n) is 14.2. The SMILES string of the molecule is NC(=O)c1cc(-c2ccccc2)cc2c(C3CCN(S(=O)(=O)CCCN4CCCC4c4cccs4)CC3)c[nH]c12. The first-order chi connectivity index (χ1) is 19.4. The van der Waals surface area contributed by atoms with E-state index in [0.29, 0.717) is 31.1 Å². The molecule has 4 heterocycles. The van der Waals surface area contributed by atoms with Crippen molar-refractivity contribution in [3.05, 3.63) is 82.2 Å². The van der Waals surface area contributed by atoms with Crippen LogP contribution in [0.15, 0.2) is 66.2 Å². The average Bonchev–Trinajstić information content (AvgIpc) is 3.74. The number of carbonyl (C=O) groups excluding carboxylic acids is 1. The molecule has 1 atom stereocenters. The molecule has 2 aromatic heterocycles. The van der Waals surface area contributed by atoms with Gasteiger partial charge in [-0.3, -0.25) is 9.69 Å². The van der Waals surface area contributed by atoms with Crippen molar-refractivity contribution >= 4 is 38.2 Å². The van der Waals surface area contributed by atoms with E-state index in [1.807, 2.05) is 42.6 Å². The molecule has 0 aliphatic carbocycles. The number of amides is 1. The number of hydrogen-bond donors (Lipinski definition) is 2. The fraction of sp³-hybridized carbons (Fsp3) is 0.387. The lowest BCUT2D eigenvalue weighted by molar-refractivity contribution is 0.100. The predicted octanol–water partition coefficient (Wildman–Crippen LogP) is 5.73. The van der Waals surface area contributed by atoms with E-state index in [9.17, 15) is 13.2 Å². The van der Waals surface area contributed by atoms with Crippen molar-refractivity contribution in [1.82, 2.24) is 14.2 Å². The van der Waals surface area contributed by atoms with Crippen LogP contribution in [-0.4, -0.2) is 60.4 Å². The lowest BCUT2D eigenvalue weighted by Gasteiger charge is -2.31. The van der Waals surface area contributed by atoms with Crippen molar-refractivity contribution in [1.29, 1.82) is 0 Å². The van der Waals surface area contributed by atoms with Gasteiger partial charge in [0.1, 0.15) is 0 Å². The molecule has 210 valence electrons. The molecular formula is C31H36N4O3S2. The maximum Gasteiger partial charge on any atom is 0.250 e. The number of nitrogens with zero attached hydrogens (tertiary/aromatic N) is 2. The van der Waals surface area contributed by atoms with E-state index >= 15 is 0 Å². The van der Waals surface area contributed by atoms with E-state index in [1.165, 1.54) is 11.3 Å². The van der Waals surface area contributed by atoms with Crippen molar-refractivity contribution < 1.29 is 13.2 Å². The van der Waals surface area contributed by atoms with Crippen LogP contribution in [0.25, 0.3) is 22.0 Å². The number of rotatable bonds is 9. The van der Waals surface area contributed by atoms with Gasteiger partial charge < -0.3 is 10.7 Å². The largest absolute Gasteiger partial charge is 0.366 e. The highest BCUT2D eigenvalue weighted by molar-refractivity contribution is 7.89. The number of nitrogens with one attached hydrogen (secondary N) is 1. The standard InChI is InChI=1S/C31H36N4O3S2/c32-31(36)26-20-24(22-7-2-1-3-8-22)19-25-27(21-33-30(25)26)23-11-15-35(16-12-23)40(37,38)18-6-14-34-13-4-9-28(34)29-10-5-17-39-29/h1-3,5,7-8,10,17,19-21,23,28,33H,4,6,9,11-16,18H2,(H2,32,36). The molecule has 0 bridgehead atoms. The Balaban J connectivity index is 1.12. The number of primary amides is 1. The van der Waals surface area contributed by atoms with E-state index in [-0.39, 0.29) is 11.7 Å². The molecule has 4 aromatic rings. The van der Waals surface area contributed by atoms with Gasteiger partial charge in [0.15, 0.2) is 0 Å². The van der Waals surface area contributed by atoms with Crippen molar-refractivity contribution in [2.45, 2.75) is 44.1 Å². The topological polar surface area (TPSA) is 99.5 Å². The molecule has 2 aliphatic rings. The second-order valence-corrected chi connectivity index (χ2v) is 14.0. The zero-order valence-corrected chi connectivity index (χ0v) is 24.2. The predicted molar refractivity (Wildman–Crippen MR) is 162 cm³/mol. The third-order valence-electron chi connectivity index (χ3n) is 8.56. The highest BCUT2D eigenvalue weighted by Gasteiger charge is 2.31. The number of likely N-dealkylation sites (tertiary alicyclic amines) is 1. The number of piperidine rings is 1. The summed E-state index contributed by atoms with van der Waals surface area (Å²) in [7, 11) is -3.30. The quantitative estimate of drug-likeness (QED) is 0.266. The van der Waals surface area contributed by atoms with Gasteiger partial charge >= 0.3 is 0 Å². The van der Waals surface area contributed by atoms with Crippen LogP contribution in [0.3, 0.4) is 0 Å². The molecule has 2 aliphatic heterocycles. The molecule has 2 aromatic carbocycles. The number of carbonyl (C=O) groups is 1. The Hall–Kier alpha value is -2.98. The molecule has 6 rings (SSSR count). The molecule has 3 N–H and O–H groups in total. The van der Waals surface area contributed by atoms with Crippen molar-refractivity contribution in [2.75, 3.05) is 31.9 Å². The van der Waals surface area contributed by atoms with Crippen LogP contribution < -0.4 is 5.73 Å².